The van der Waals surface area contributed by atoms with E-state index < -0.39 is 64.4 Å². The second kappa shape index (κ2) is 12.8. The molecule has 3 aromatic rings. The zero-order chi connectivity index (χ0) is 31.5. The number of carbonyl (C=O) groups excluding carboxylic acids is 3. The molecule has 2 amide bonds. The number of benzene rings is 2. The van der Waals surface area contributed by atoms with Crippen LogP contribution in [0.25, 0.3) is 0 Å². The number of rotatable bonds is 8. The fourth-order valence-electron chi connectivity index (χ4n) is 5.46. The molecule has 9 nitrogen and oxygen atoms in total. The number of fused-ring (bicyclic) bond motifs is 4. The van der Waals surface area contributed by atoms with E-state index in [0.29, 0.717) is 36.1 Å². The number of hydrogen-bond donors (Lipinski definition) is 1. The number of halogens is 3. The minimum Gasteiger partial charge on any atom is -0.483 e. The highest BCUT2D eigenvalue weighted by Crippen LogP contribution is 2.37. The van der Waals surface area contributed by atoms with Crippen LogP contribution in [0.3, 0.4) is 0 Å². The van der Waals surface area contributed by atoms with Crippen molar-refractivity contribution >= 4 is 17.8 Å². The first kappa shape index (κ1) is 30.6. The van der Waals surface area contributed by atoms with Crippen molar-refractivity contribution in [2.24, 2.45) is 0 Å². The van der Waals surface area contributed by atoms with Crippen LogP contribution in [0, 0.1) is 17.5 Å². The first-order valence-electron chi connectivity index (χ1n) is 14.1. The number of hydrogen-bond acceptors (Lipinski definition) is 6. The molecule has 2 bridgehead atoms. The predicted octanol–water partition coefficient (Wildman–Crippen LogP) is 4.44. The first-order valence-corrected chi connectivity index (χ1v) is 14.1. The summed E-state index contributed by atoms with van der Waals surface area (Å²) in [6, 6.07) is 8.97. The molecule has 1 N–H and O–H groups in total. The standard InChI is InChI=1S/C32H30F3N3O6/c1-3-43-27(39)11-20-10-9-18(2)37-16-26(20)38-15-23(31(41)36-14-22-24(34)12-21(33)13-25(22)35)29(40)30(28(38)32(37)42)44-17-19-7-5-4-6-8-19/h4-8,11-13,15,18,26H,3,9-10,14,16-17H2,1-2H3,(H,36,41)/t18-,26+/m0/s1. The summed E-state index contributed by atoms with van der Waals surface area (Å²) >= 11 is 0. The number of nitrogens with one attached hydrogen (secondary N) is 1. The maximum atomic E-state index is 14.2. The Morgan fingerprint density at radius 1 is 1.09 bits per heavy atom. The maximum absolute atomic E-state index is 14.2. The van der Waals surface area contributed by atoms with Crippen molar-refractivity contribution < 1.29 is 37.0 Å². The summed E-state index contributed by atoms with van der Waals surface area (Å²) in [4.78, 5) is 55.1. The Morgan fingerprint density at radius 2 is 1.80 bits per heavy atom. The number of nitrogens with zero attached hydrogens (tertiary/aromatic N) is 2. The molecule has 2 aliphatic heterocycles. The van der Waals surface area contributed by atoms with Gasteiger partial charge in [-0.25, -0.2) is 18.0 Å². The Kier molecular flexibility index (Phi) is 8.88. The molecule has 1 fully saturated rings. The van der Waals surface area contributed by atoms with E-state index >= 15 is 0 Å². The lowest BCUT2D eigenvalue weighted by molar-refractivity contribution is -0.137. The highest BCUT2D eigenvalue weighted by Gasteiger charge is 2.41. The van der Waals surface area contributed by atoms with Crippen LogP contribution in [0.1, 0.15) is 64.7 Å². The van der Waals surface area contributed by atoms with Gasteiger partial charge in [-0.15, -0.1) is 0 Å². The molecule has 44 heavy (non-hydrogen) atoms. The van der Waals surface area contributed by atoms with Crippen LogP contribution < -0.4 is 15.5 Å². The van der Waals surface area contributed by atoms with Gasteiger partial charge in [0.15, 0.2) is 11.4 Å². The molecule has 0 saturated carbocycles. The number of amides is 2. The van der Waals surface area contributed by atoms with Crippen LogP contribution in [-0.2, 0) is 22.7 Å². The molecule has 230 valence electrons. The third-order valence-corrected chi connectivity index (χ3v) is 7.76. The van der Waals surface area contributed by atoms with Gasteiger partial charge in [-0.1, -0.05) is 30.3 Å². The largest absolute Gasteiger partial charge is 0.483 e. The van der Waals surface area contributed by atoms with Gasteiger partial charge in [-0.05, 0) is 37.8 Å². The summed E-state index contributed by atoms with van der Waals surface area (Å²) < 4.78 is 54.4. The van der Waals surface area contributed by atoms with Crippen LogP contribution in [-0.4, -0.2) is 46.4 Å². The van der Waals surface area contributed by atoms with Gasteiger partial charge in [0.05, 0.1) is 12.6 Å². The Hall–Kier alpha value is -4.87. The normalized spacial score (nSPS) is 18.4. The fraction of sp³-hybridized carbons (Fsp3) is 0.312. The van der Waals surface area contributed by atoms with Crippen molar-refractivity contribution in [3.05, 3.63) is 110 Å². The second-order valence-corrected chi connectivity index (χ2v) is 10.6. The number of carbonyl (C=O) groups is 3. The topological polar surface area (TPSA) is 107 Å². The van der Waals surface area contributed by atoms with Crippen LogP contribution >= 0.6 is 0 Å². The number of pyridine rings is 1. The summed E-state index contributed by atoms with van der Waals surface area (Å²) in [5.41, 5.74) is -0.708. The van der Waals surface area contributed by atoms with E-state index in [4.69, 9.17) is 9.47 Å². The Labute approximate surface area is 250 Å². The molecule has 0 aliphatic carbocycles. The SMILES string of the molecule is CCOC(=O)C=C1CC[C@H](C)N2C[C@H]1n1cc(C(=O)NCc3c(F)cc(F)cc3F)c(=O)c(OCc3ccccc3)c1C2=O. The number of esters is 1. The molecule has 0 spiro atoms. The van der Waals surface area contributed by atoms with Gasteiger partial charge in [0.25, 0.3) is 11.8 Å². The summed E-state index contributed by atoms with van der Waals surface area (Å²) in [5, 5.41) is 2.32. The van der Waals surface area contributed by atoms with Gasteiger partial charge in [0.1, 0.15) is 29.6 Å². The van der Waals surface area contributed by atoms with Crippen molar-refractivity contribution in [2.45, 2.75) is 51.9 Å². The van der Waals surface area contributed by atoms with Gasteiger partial charge >= 0.3 is 5.97 Å². The molecule has 12 heteroatoms. The summed E-state index contributed by atoms with van der Waals surface area (Å²) in [6.07, 6.45) is 3.54. The lowest BCUT2D eigenvalue weighted by Crippen LogP contribution is -2.48. The summed E-state index contributed by atoms with van der Waals surface area (Å²) in [7, 11) is 0. The highest BCUT2D eigenvalue weighted by molar-refractivity contribution is 5.99. The van der Waals surface area contributed by atoms with Crippen molar-refractivity contribution in [3.8, 4) is 5.75 Å². The van der Waals surface area contributed by atoms with E-state index in [1.54, 1.807) is 42.2 Å². The molecule has 0 unspecified atom stereocenters. The zero-order valence-electron chi connectivity index (χ0n) is 24.1. The van der Waals surface area contributed by atoms with Crippen LogP contribution in [0.15, 0.2) is 65.1 Å². The zero-order valence-corrected chi connectivity index (χ0v) is 24.1. The number of aromatic nitrogens is 1. The average molecular weight is 610 g/mol. The minimum atomic E-state index is -1.20. The van der Waals surface area contributed by atoms with Crippen molar-refractivity contribution in [2.75, 3.05) is 13.2 Å². The van der Waals surface area contributed by atoms with E-state index in [1.807, 2.05) is 6.92 Å². The van der Waals surface area contributed by atoms with Crippen molar-refractivity contribution in [3.63, 3.8) is 0 Å². The van der Waals surface area contributed by atoms with E-state index in [0.717, 1.165) is 0 Å². The van der Waals surface area contributed by atoms with Gasteiger partial charge < -0.3 is 24.3 Å². The Balaban J connectivity index is 1.61. The Bertz CT molecular complexity index is 1680. The van der Waals surface area contributed by atoms with E-state index in [-0.39, 0.29) is 37.2 Å². The quantitative estimate of drug-likeness (QED) is 0.299. The average Bonchev–Trinajstić information content (AvgIpc) is 3.12. The third-order valence-electron chi connectivity index (χ3n) is 7.76. The minimum absolute atomic E-state index is 0.0853. The molecular weight excluding hydrogens is 579 g/mol. The second-order valence-electron chi connectivity index (χ2n) is 10.6. The van der Waals surface area contributed by atoms with E-state index in [2.05, 4.69) is 5.32 Å². The smallest absolute Gasteiger partial charge is 0.330 e. The van der Waals surface area contributed by atoms with Gasteiger partial charge in [0, 0.05) is 49.1 Å². The molecule has 1 aromatic heterocycles. The monoisotopic (exact) mass is 609 g/mol. The molecular formula is C32H30F3N3O6. The lowest BCUT2D eigenvalue weighted by Gasteiger charge is -2.38. The van der Waals surface area contributed by atoms with Gasteiger partial charge in [-0.3, -0.25) is 14.4 Å². The molecule has 1 saturated heterocycles. The Morgan fingerprint density at radius 3 is 2.48 bits per heavy atom. The molecule has 5 rings (SSSR count). The third kappa shape index (κ3) is 6.10. The molecule has 0 radical (unpaired) electrons. The first-order chi connectivity index (χ1) is 21.1. The van der Waals surface area contributed by atoms with E-state index in [1.165, 1.54) is 16.8 Å². The lowest BCUT2D eigenvalue weighted by atomic mass is 9.99. The van der Waals surface area contributed by atoms with Gasteiger partial charge in [0.2, 0.25) is 5.43 Å². The van der Waals surface area contributed by atoms with Crippen molar-refractivity contribution in [1.29, 1.82) is 0 Å². The molecule has 2 aromatic carbocycles. The highest BCUT2D eigenvalue weighted by atomic mass is 19.1. The predicted molar refractivity (Wildman–Crippen MR) is 152 cm³/mol. The molecule has 2 atom stereocenters. The van der Waals surface area contributed by atoms with Crippen LogP contribution in [0.2, 0.25) is 0 Å². The summed E-state index contributed by atoms with van der Waals surface area (Å²) in [5.74, 6) is -5.94. The van der Waals surface area contributed by atoms with Crippen LogP contribution in [0.4, 0.5) is 13.2 Å². The number of ether oxygens (including phenoxy) is 2. The van der Waals surface area contributed by atoms with Crippen molar-refractivity contribution in [1.82, 2.24) is 14.8 Å². The van der Waals surface area contributed by atoms with Gasteiger partial charge in [-0.2, -0.15) is 0 Å². The fourth-order valence-corrected chi connectivity index (χ4v) is 5.46. The molecule has 3 heterocycles. The summed E-state index contributed by atoms with van der Waals surface area (Å²) in [6.45, 7) is 3.09. The van der Waals surface area contributed by atoms with Crippen LogP contribution in [0.5, 0.6) is 5.75 Å². The molecule has 2 aliphatic rings. The maximum Gasteiger partial charge on any atom is 0.330 e. The van der Waals surface area contributed by atoms with E-state index in [9.17, 15) is 32.3 Å².